The number of ether oxygens (including phenoxy) is 1. The summed E-state index contributed by atoms with van der Waals surface area (Å²) in [5.41, 5.74) is 1.07. The molecule has 2 N–H and O–H groups in total. The van der Waals surface area contributed by atoms with E-state index in [1.807, 2.05) is 12.1 Å². The first-order valence-electron chi connectivity index (χ1n) is 4.92. The predicted octanol–water partition coefficient (Wildman–Crippen LogP) is 1.82. The van der Waals surface area contributed by atoms with Crippen molar-refractivity contribution in [3.8, 4) is 5.75 Å². The van der Waals surface area contributed by atoms with Crippen molar-refractivity contribution in [1.82, 2.24) is 5.32 Å². The van der Waals surface area contributed by atoms with Gasteiger partial charge in [0.2, 0.25) is 0 Å². The highest BCUT2D eigenvalue weighted by atomic mass is 35.5. The lowest BCUT2D eigenvalue weighted by Crippen LogP contribution is -2.16. The van der Waals surface area contributed by atoms with E-state index in [1.165, 1.54) is 0 Å². The summed E-state index contributed by atoms with van der Waals surface area (Å²) in [7, 11) is 1.63. The van der Waals surface area contributed by atoms with E-state index in [9.17, 15) is 0 Å². The molecule has 0 saturated carbocycles. The largest absolute Gasteiger partial charge is 0.496 e. The Hall–Kier alpha value is -0.770. The third kappa shape index (κ3) is 4.08. The van der Waals surface area contributed by atoms with Crippen molar-refractivity contribution in [1.29, 1.82) is 0 Å². The topological polar surface area (TPSA) is 41.5 Å². The first-order chi connectivity index (χ1) is 7.27. The molecule has 0 radical (unpaired) electrons. The summed E-state index contributed by atoms with van der Waals surface area (Å²) in [6.07, 6.45) is 0.760. The molecule has 0 heterocycles. The van der Waals surface area contributed by atoms with Crippen molar-refractivity contribution in [2.24, 2.45) is 0 Å². The van der Waals surface area contributed by atoms with Crippen LogP contribution < -0.4 is 10.1 Å². The van der Waals surface area contributed by atoms with Crippen molar-refractivity contribution in [2.45, 2.75) is 13.0 Å². The lowest BCUT2D eigenvalue weighted by molar-refractivity contribution is 0.286. The van der Waals surface area contributed by atoms with Gasteiger partial charge in [-0.05, 0) is 25.1 Å². The van der Waals surface area contributed by atoms with Crippen LogP contribution in [0.15, 0.2) is 18.2 Å². The third-order valence-corrected chi connectivity index (χ3v) is 2.31. The summed E-state index contributed by atoms with van der Waals surface area (Å²) in [5, 5.41) is 12.5. The Morgan fingerprint density at radius 1 is 1.47 bits per heavy atom. The molecule has 0 aromatic heterocycles. The Balaban J connectivity index is 2.52. The maximum Gasteiger partial charge on any atom is 0.124 e. The fourth-order valence-corrected chi connectivity index (χ4v) is 1.45. The van der Waals surface area contributed by atoms with Gasteiger partial charge in [0.15, 0.2) is 0 Å². The van der Waals surface area contributed by atoms with E-state index in [0.29, 0.717) is 5.02 Å². The molecule has 15 heavy (non-hydrogen) atoms. The Bertz CT molecular complexity index is 305. The Kier molecular flexibility index (Phi) is 5.47. The van der Waals surface area contributed by atoms with E-state index >= 15 is 0 Å². The summed E-state index contributed by atoms with van der Waals surface area (Å²) in [6, 6.07) is 5.57. The van der Waals surface area contributed by atoms with Gasteiger partial charge in [0.1, 0.15) is 5.75 Å². The van der Waals surface area contributed by atoms with Crippen molar-refractivity contribution in [3.63, 3.8) is 0 Å². The van der Waals surface area contributed by atoms with Crippen LogP contribution in [0.3, 0.4) is 0 Å². The minimum absolute atomic E-state index is 0.213. The second kappa shape index (κ2) is 6.67. The summed E-state index contributed by atoms with van der Waals surface area (Å²) >= 11 is 5.85. The molecule has 84 valence electrons. The summed E-state index contributed by atoms with van der Waals surface area (Å²) < 4.78 is 5.21. The van der Waals surface area contributed by atoms with Gasteiger partial charge >= 0.3 is 0 Å². The Labute approximate surface area is 95.0 Å². The van der Waals surface area contributed by atoms with Gasteiger partial charge in [-0.2, -0.15) is 0 Å². The first-order valence-corrected chi connectivity index (χ1v) is 5.29. The zero-order chi connectivity index (χ0) is 11.1. The van der Waals surface area contributed by atoms with Crippen molar-refractivity contribution in [2.75, 3.05) is 20.3 Å². The summed E-state index contributed by atoms with van der Waals surface area (Å²) in [5.74, 6) is 0.791. The van der Waals surface area contributed by atoms with Crippen molar-refractivity contribution < 1.29 is 9.84 Å². The van der Waals surface area contributed by atoms with Crippen molar-refractivity contribution in [3.05, 3.63) is 28.8 Å². The first kappa shape index (κ1) is 12.3. The van der Waals surface area contributed by atoms with Crippen LogP contribution in [0, 0.1) is 0 Å². The van der Waals surface area contributed by atoms with E-state index in [2.05, 4.69) is 5.32 Å². The number of halogens is 1. The molecule has 0 aliphatic heterocycles. The number of rotatable bonds is 6. The molecule has 0 saturated heterocycles. The lowest BCUT2D eigenvalue weighted by Gasteiger charge is -2.09. The standard InChI is InChI=1S/C11H16ClNO2/c1-15-11-7-10(12)4-3-9(11)8-13-5-2-6-14/h3-4,7,13-14H,2,5-6,8H2,1H3. The van der Waals surface area contributed by atoms with Crippen LogP contribution in [0.5, 0.6) is 5.75 Å². The molecule has 1 aromatic carbocycles. The molecule has 0 aliphatic carbocycles. The highest BCUT2D eigenvalue weighted by molar-refractivity contribution is 6.30. The molecule has 0 fully saturated rings. The fourth-order valence-electron chi connectivity index (χ4n) is 1.29. The number of aliphatic hydroxyl groups is 1. The van der Waals surface area contributed by atoms with E-state index in [0.717, 1.165) is 30.8 Å². The molecule has 0 unspecified atom stereocenters. The molecular weight excluding hydrogens is 214 g/mol. The van der Waals surface area contributed by atoms with Crippen molar-refractivity contribution >= 4 is 11.6 Å². The normalized spacial score (nSPS) is 10.3. The predicted molar refractivity (Wildman–Crippen MR) is 61.4 cm³/mol. The second-order valence-corrected chi connectivity index (χ2v) is 3.65. The van der Waals surface area contributed by atoms with E-state index < -0.39 is 0 Å². The van der Waals surface area contributed by atoms with Crippen LogP contribution in [0.4, 0.5) is 0 Å². The molecule has 1 aromatic rings. The van der Waals surface area contributed by atoms with Gasteiger partial charge in [0.05, 0.1) is 7.11 Å². The van der Waals surface area contributed by atoms with Crippen LogP contribution in [0.1, 0.15) is 12.0 Å². The number of hydrogen-bond donors (Lipinski definition) is 2. The number of benzene rings is 1. The number of aliphatic hydroxyl groups excluding tert-OH is 1. The molecule has 1 rings (SSSR count). The summed E-state index contributed by atoms with van der Waals surface area (Å²) in [4.78, 5) is 0. The van der Waals surface area contributed by atoms with Gasteiger partial charge in [-0.25, -0.2) is 0 Å². The fraction of sp³-hybridized carbons (Fsp3) is 0.455. The number of nitrogens with one attached hydrogen (secondary N) is 1. The average Bonchev–Trinajstić information content (AvgIpc) is 2.26. The van der Waals surface area contributed by atoms with Gasteiger partial charge in [0.25, 0.3) is 0 Å². The van der Waals surface area contributed by atoms with E-state index in [-0.39, 0.29) is 6.61 Å². The monoisotopic (exact) mass is 229 g/mol. The average molecular weight is 230 g/mol. The zero-order valence-corrected chi connectivity index (χ0v) is 9.55. The highest BCUT2D eigenvalue weighted by Gasteiger charge is 2.02. The minimum atomic E-state index is 0.213. The Morgan fingerprint density at radius 2 is 2.27 bits per heavy atom. The second-order valence-electron chi connectivity index (χ2n) is 3.21. The Morgan fingerprint density at radius 3 is 2.93 bits per heavy atom. The maximum absolute atomic E-state index is 8.62. The van der Waals surface area contributed by atoms with Gasteiger partial charge in [-0.15, -0.1) is 0 Å². The van der Waals surface area contributed by atoms with E-state index in [4.69, 9.17) is 21.4 Å². The molecule has 0 aliphatic rings. The van der Waals surface area contributed by atoms with Crippen LogP contribution >= 0.6 is 11.6 Å². The molecule has 4 heteroatoms. The smallest absolute Gasteiger partial charge is 0.124 e. The van der Waals surface area contributed by atoms with Crippen LogP contribution in [-0.4, -0.2) is 25.4 Å². The number of hydrogen-bond acceptors (Lipinski definition) is 3. The maximum atomic E-state index is 8.62. The zero-order valence-electron chi connectivity index (χ0n) is 8.79. The van der Waals surface area contributed by atoms with Gasteiger partial charge < -0.3 is 15.2 Å². The van der Waals surface area contributed by atoms with Crippen LogP contribution in [0.2, 0.25) is 5.02 Å². The third-order valence-electron chi connectivity index (χ3n) is 2.08. The van der Waals surface area contributed by atoms with E-state index in [1.54, 1.807) is 13.2 Å². The highest BCUT2D eigenvalue weighted by Crippen LogP contribution is 2.22. The number of methoxy groups -OCH3 is 1. The van der Waals surface area contributed by atoms with Gasteiger partial charge in [-0.3, -0.25) is 0 Å². The molecular formula is C11H16ClNO2. The quantitative estimate of drug-likeness (QED) is 0.732. The summed E-state index contributed by atoms with van der Waals surface area (Å²) in [6.45, 7) is 1.73. The van der Waals surface area contributed by atoms with Gasteiger partial charge in [-0.1, -0.05) is 17.7 Å². The lowest BCUT2D eigenvalue weighted by atomic mass is 10.2. The molecule has 0 atom stereocenters. The van der Waals surface area contributed by atoms with Crippen LogP contribution in [-0.2, 0) is 6.54 Å². The molecule has 0 bridgehead atoms. The SMILES string of the molecule is COc1cc(Cl)ccc1CNCCCO. The van der Waals surface area contributed by atoms with Gasteiger partial charge in [0, 0.05) is 23.7 Å². The minimum Gasteiger partial charge on any atom is -0.496 e. The molecule has 0 spiro atoms. The molecule has 0 amide bonds. The molecule has 3 nitrogen and oxygen atoms in total. The van der Waals surface area contributed by atoms with Crippen LogP contribution in [0.25, 0.3) is 0 Å².